The molecule has 13 heteroatoms. The van der Waals surface area contributed by atoms with Gasteiger partial charge in [0, 0.05) is 10.0 Å². The topological polar surface area (TPSA) is 162 Å². The monoisotopic (exact) mass is 465 g/mol. The van der Waals surface area contributed by atoms with E-state index in [-0.39, 0.29) is 16.0 Å². The number of nitrogens with zero attached hydrogens (tertiary/aromatic N) is 4. The molecule has 0 radical (unpaired) electrons. The first-order valence-corrected chi connectivity index (χ1v) is 9.86. The SMILES string of the molecule is NS(=O)(=O)c1ccc(Br)c(C(=O)NNC(=O)c2ccc(-n3cnnn3)cc2)c1. The van der Waals surface area contributed by atoms with Crippen molar-refractivity contribution < 1.29 is 18.0 Å². The van der Waals surface area contributed by atoms with Crippen molar-refractivity contribution in [3.63, 3.8) is 0 Å². The Morgan fingerprint density at radius 2 is 1.71 bits per heavy atom. The number of hydrazine groups is 1. The zero-order valence-corrected chi connectivity index (χ0v) is 16.3. The smallest absolute Gasteiger partial charge is 0.267 e. The molecule has 4 N–H and O–H groups in total. The average molecular weight is 466 g/mol. The fraction of sp³-hybridized carbons (Fsp3) is 0. The molecular formula is C15H12BrN7O4S. The Labute approximate surface area is 167 Å². The fourth-order valence-electron chi connectivity index (χ4n) is 2.15. The van der Waals surface area contributed by atoms with Gasteiger partial charge in [-0.3, -0.25) is 20.4 Å². The molecule has 1 heterocycles. The van der Waals surface area contributed by atoms with Crippen LogP contribution < -0.4 is 16.0 Å². The lowest BCUT2D eigenvalue weighted by molar-refractivity contribution is 0.0846. The van der Waals surface area contributed by atoms with Crippen LogP contribution in [0.2, 0.25) is 0 Å². The Bertz CT molecular complexity index is 1130. The molecular weight excluding hydrogens is 454 g/mol. The Morgan fingerprint density at radius 3 is 2.32 bits per heavy atom. The second-order valence-corrected chi connectivity index (χ2v) is 7.81. The third kappa shape index (κ3) is 4.39. The van der Waals surface area contributed by atoms with Gasteiger partial charge in [0.05, 0.1) is 16.1 Å². The zero-order valence-electron chi connectivity index (χ0n) is 13.9. The van der Waals surface area contributed by atoms with Crippen LogP contribution in [0.1, 0.15) is 20.7 Å². The van der Waals surface area contributed by atoms with Gasteiger partial charge in [-0.05, 0) is 68.8 Å². The molecule has 0 atom stereocenters. The lowest BCUT2D eigenvalue weighted by Crippen LogP contribution is -2.41. The minimum Gasteiger partial charge on any atom is -0.267 e. The van der Waals surface area contributed by atoms with Gasteiger partial charge in [-0.2, -0.15) is 0 Å². The highest BCUT2D eigenvalue weighted by atomic mass is 79.9. The number of nitrogens with two attached hydrogens (primary N) is 1. The van der Waals surface area contributed by atoms with Gasteiger partial charge in [0.15, 0.2) is 0 Å². The molecule has 2 aromatic carbocycles. The number of nitrogens with one attached hydrogen (secondary N) is 2. The first-order chi connectivity index (χ1) is 13.3. The molecule has 11 nitrogen and oxygen atoms in total. The van der Waals surface area contributed by atoms with E-state index in [1.807, 2.05) is 0 Å². The van der Waals surface area contributed by atoms with Gasteiger partial charge in [0.1, 0.15) is 6.33 Å². The number of carbonyl (C=O) groups excluding carboxylic acids is 2. The van der Waals surface area contributed by atoms with Crippen molar-refractivity contribution in [3.8, 4) is 5.69 Å². The maximum Gasteiger partial charge on any atom is 0.270 e. The number of primary sulfonamides is 1. The van der Waals surface area contributed by atoms with Crippen LogP contribution in [0.3, 0.4) is 0 Å². The van der Waals surface area contributed by atoms with Gasteiger partial charge in [0.2, 0.25) is 10.0 Å². The van der Waals surface area contributed by atoms with Crippen LogP contribution in [-0.4, -0.2) is 40.4 Å². The van der Waals surface area contributed by atoms with Crippen molar-refractivity contribution in [1.29, 1.82) is 0 Å². The number of halogens is 1. The highest BCUT2D eigenvalue weighted by Gasteiger charge is 2.16. The van der Waals surface area contributed by atoms with Crippen molar-refractivity contribution >= 4 is 37.8 Å². The van der Waals surface area contributed by atoms with Gasteiger partial charge in [-0.1, -0.05) is 0 Å². The lowest BCUT2D eigenvalue weighted by Gasteiger charge is -2.10. The van der Waals surface area contributed by atoms with E-state index < -0.39 is 21.8 Å². The van der Waals surface area contributed by atoms with E-state index in [4.69, 9.17) is 5.14 Å². The van der Waals surface area contributed by atoms with Gasteiger partial charge in [-0.25, -0.2) is 18.2 Å². The maximum absolute atomic E-state index is 12.3. The average Bonchev–Trinajstić information content (AvgIpc) is 3.20. The fourth-order valence-corrected chi connectivity index (χ4v) is 3.12. The van der Waals surface area contributed by atoms with Crippen LogP contribution in [0.15, 0.2) is 58.2 Å². The van der Waals surface area contributed by atoms with Crippen molar-refractivity contribution in [3.05, 3.63) is 64.4 Å². The van der Waals surface area contributed by atoms with Crippen molar-refractivity contribution in [2.45, 2.75) is 4.90 Å². The third-order valence-corrected chi connectivity index (χ3v) is 5.15. The van der Waals surface area contributed by atoms with Crippen LogP contribution in [0.5, 0.6) is 0 Å². The van der Waals surface area contributed by atoms with Crippen molar-refractivity contribution in [2.24, 2.45) is 5.14 Å². The number of aromatic nitrogens is 4. The molecule has 0 spiro atoms. The van der Waals surface area contributed by atoms with Crippen LogP contribution in [0.4, 0.5) is 0 Å². The molecule has 0 bridgehead atoms. The molecule has 2 amide bonds. The number of amides is 2. The molecule has 3 rings (SSSR count). The van der Waals surface area contributed by atoms with E-state index in [0.29, 0.717) is 10.2 Å². The number of hydrogen-bond donors (Lipinski definition) is 3. The number of rotatable bonds is 4. The number of tetrazole rings is 1. The third-order valence-electron chi connectivity index (χ3n) is 3.54. The second-order valence-electron chi connectivity index (χ2n) is 5.40. The van der Waals surface area contributed by atoms with E-state index >= 15 is 0 Å². The number of hydrogen-bond acceptors (Lipinski definition) is 7. The minimum atomic E-state index is -3.98. The summed E-state index contributed by atoms with van der Waals surface area (Å²) in [4.78, 5) is 24.2. The molecule has 1 aromatic heterocycles. The van der Waals surface area contributed by atoms with E-state index in [9.17, 15) is 18.0 Å². The lowest BCUT2D eigenvalue weighted by atomic mass is 10.2. The maximum atomic E-state index is 12.3. The molecule has 0 aliphatic heterocycles. The van der Waals surface area contributed by atoms with Crippen LogP contribution in [0, 0.1) is 0 Å². The van der Waals surface area contributed by atoms with Crippen LogP contribution in [-0.2, 0) is 10.0 Å². The Balaban J connectivity index is 1.68. The van der Waals surface area contributed by atoms with E-state index in [2.05, 4.69) is 42.3 Å². The molecule has 28 heavy (non-hydrogen) atoms. The highest BCUT2D eigenvalue weighted by molar-refractivity contribution is 9.10. The van der Waals surface area contributed by atoms with E-state index in [1.54, 1.807) is 12.1 Å². The first kappa shape index (κ1) is 19.6. The number of benzene rings is 2. The van der Waals surface area contributed by atoms with E-state index in [0.717, 1.165) is 6.07 Å². The zero-order chi connectivity index (χ0) is 20.3. The van der Waals surface area contributed by atoms with E-state index in [1.165, 1.54) is 35.3 Å². The van der Waals surface area contributed by atoms with Gasteiger partial charge < -0.3 is 0 Å². The number of sulfonamides is 1. The Hall–Kier alpha value is -3.16. The summed E-state index contributed by atoms with van der Waals surface area (Å²) in [5, 5.41) is 15.8. The molecule has 0 unspecified atom stereocenters. The first-order valence-electron chi connectivity index (χ1n) is 7.52. The van der Waals surface area contributed by atoms with Crippen molar-refractivity contribution in [1.82, 2.24) is 31.1 Å². The summed E-state index contributed by atoms with van der Waals surface area (Å²) >= 11 is 3.15. The summed E-state index contributed by atoms with van der Waals surface area (Å²) in [5.74, 6) is -1.30. The summed E-state index contributed by atoms with van der Waals surface area (Å²) in [6, 6.07) is 10.0. The van der Waals surface area contributed by atoms with Gasteiger partial charge in [-0.15, -0.1) is 5.10 Å². The summed E-state index contributed by atoms with van der Waals surface area (Å²) in [6.07, 6.45) is 1.41. The summed E-state index contributed by atoms with van der Waals surface area (Å²) in [5.41, 5.74) is 5.37. The summed E-state index contributed by atoms with van der Waals surface area (Å²) in [6.45, 7) is 0. The van der Waals surface area contributed by atoms with Crippen molar-refractivity contribution in [2.75, 3.05) is 0 Å². The Morgan fingerprint density at radius 1 is 1.04 bits per heavy atom. The van der Waals surface area contributed by atoms with Crippen LogP contribution >= 0.6 is 15.9 Å². The minimum absolute atomic E-state index is 0.0131. The van der Waals surface area contributed by atoms with Gasteiger partial charge in [0.25, 0.3) is 11.8 Å². The summed E-state index contributed by atoms with van der Waals surface area (Å²) < 4.78 is 24.6. The molecule has 0 fully saturated rings. The molecule has 144 valence electrons. The Kier molecular flexibility index (Phi) is 5.48. The standard InChI is InChI=1S/C15H12BrN7O4S/c16-13-6-5-11(28(17,26)27)7-12(13)15(25)20-19-14(24)9-1-3-10(4-2-9)23-8-18-21-22-23/h1-8H,(H,19,24)(H,20,25)(H2,17,26,27). The number of carbonyl (C=O) groups is 2. The predicted molar refractivity (Wildman–Crippen MR) is 99.6 cm³/mol. The quantitative estimate of drug-likeness (QED) is 0.461. The molecule has 0 saturated heterocycles. The van der Waals surface area contributed by atoms with Gasteiger partial charge >= 0.3 is 0 Å². The molecule has 3 aromatic rings. The predicted octanol–water partition coefficient (Wildman–Crippen LogP) is 0.147. The molecule has 0 aliphatic rings. The highest BCUT2D eigenvalue weighted by Crippen LogP contribution is 2.20. The largest absolute Gasteiger partial charge is 0.270 e. The molecule has 0 saturated carbocycles. The second kappa shape index (κ2) is 7.84. The summed E-state index contributed by atoms with van der Waals surface area (Å²) in [7, 11) is -3.98. The van der Waals surface area contributed by atoms with Crippen LogP contribution in [0.25, 0.3) is 5.69 Å². The normalized spacial score (nSPS) is 11.1. The molecule has 0 aliphatic carbocycles.